The third-order valence-electron chi connectivity index (χ3n) is 3.55. The first-order valence-electron chi connectivity index (χ1n) is 6.39. The number of likely N-dealkylation sites (tertiary alicyclic amines) is 1. The minimum absolute atomic E-state index is 0.0315. The van der Waals surface area contributed by atoms with Crippen molar-refractivity contribution in [1.82, 2.24) is 19.9 Å². The van der Waals surface area contributed by atoms with Crippen molar-refractivity contribution in [1.29, 1.82) is 0 Å². The Bertz CT molecular complexity index is 632. The van der Waals surface area contributed by atoms with Gasteiger partial charge in [-0.3, -0.25) is 4.79 Å². The number of imidazole rings is 1. The summed E-state index contributed by atoms with van der Waals surface area (Å²) in [5, 5.41) is 9.05. The van der Waals surface area contributed by atoms with Crippen LogP contribution in [0.25, 0.3) is 0 Å². The molecule has 0 saturated carbocycles. The molecule has 104 valence electrons. The Morgan fingerprint density at radius 2 is 2.25 bits per heavy atom. The largest absolute Gasteiger partial charge is 0.477 e. The maximum Gasteiger partial charge on any atom is 0.354 e. The predicted molar refractivity (Wildman–Crippen MR) is 69.4 cm³/mol. The van der Waals surface area contributed by atoms with Crippen molar-refractivity contribution in [3.63, 3.8) is 0 Å². The molecule has 1 saturated heterocycles. The van der Waals surface area contributed by atoms with Crippen LogP contribution in [-0.2, 0) is 0 Å². The molecule has 1 atom stereocenters. The number of aromatic carboxylic acids is 1. The van der Waals surface area contributed by atoms with E-state index in [1.54, 1.807) is 4.90 Å². The molecular formula is C13H14N4O3. The van der Waals surface area contributed by atoms with E-state index in [1.165, 1.54) is 6.33 Å². The van der Waals surface area contributed by atoms with Gasteiger partial charge < -0.3 is 20.0 Å². The van der Waals surface area contributed by atoms with Gasteiger partial charge in [0.1, 0.15) is 0 Å². The van der Waals surface area contributed by atoms with Crippen LogP contribution in [0.2, 0.25) is 0 Å². The molecule has 7 heteroatoms. The number of carbonyl (C=O) groups excluding carboxylic acids is 1. The number of hydrogen-bond acceptors (Lipinski definition) is 3. The lowest BCUT2D eigenvalue weighted by Gasteiger charge is -2.23. The normalized spacial score (nSPS) is 18.4. The maximum absolute atomic E-state index is 12.5. The van der Waals surface area contributed by atoms with Crippen LogP contribution in [0.5, 0.6) is 0 Å². The maximum atomic E-state index is 12.5. The van der Waals surface area contributed by atoms with Gasteiger partial charge in [0.15, 0.2) is 11.4 Å². The van der Waals surface area contributed by atoms with Crippen molar-refractivity contribution >= 4 is 11.9 Å². The number of hydrogen-bond donors (Lipinski definition) is 3. The first kappa shape index (κ1) is 12.5. The summed E-state index contributed by atoms with van der Waals surface area (Å²) in [6.07, 6.45) is 4.80. The fourth-order valence-corrected chi connectivity index (χ4v) is 2.64. The van der Waals surface area contributed by atoms with E-state index in [0.29, 0.717) is 6.54 Å². The zero-order valence-electron chi connectivity index (χ0n) is 10.7. The lowest BCUT2D eigenvalue weighted by Crippen LogP contribution is -2.32. The Morgan fingerprint density at radius 1 is 1.40 bits per heavy atom. The van der Waals surface area contributed by atoms with Gasteiger partial charge in [-0.2, -0.15) is 0 Å². The highest BCUT2D eigenvalue weighted by Crippen LogP contribution is 2.32. The third-order valence-corrected chi connectivity index (χ3v) is 3.55. The predicted octanol–water partition coefficient (Wildman–Crippen LogP) is 1.41. The van der Waals surface area contributed by atoms with Gasteiger partial charge >= 0.3 is 5.97 Å². The van der Waals surface area contributed by atoms with Crippen molar-refractivity contribution in [2.75, 3.05) is 6.54 Å². The minimum Gasteiger partial charge on any atom is -0.477 e. The van der Waals surface area contributed by atoms with E-state index < -0.39 is 5.97 Å². The summed E-state index contributed by atoms with van der Waals surface area (Å²) in [6, 6.07) is 3.77. The Hall–Kier alpha value is -2.57. The van der Waals surface area contributed by atoms with E-state index in [9.17, 15) is 9.59 Å². The molecule has 3 N–H and O–H groups in total. The second-order valence-corrected chi connectivity index (χ2v) is 4.71. The molecule has 3 heterocycles. The fraction of sp³-hybridized carbons (Fsp3) is 0.308. The Labute approximate surface area is 114 Å². The lowest BCUT2D eigenvalue weighted by molar-refractivity contribution is 0.0662. The van der Waals surface area contributed by atoms with Gasteiger partial charge in [0.25, 0.3) is 5.91 Å². The molecule has 0 bridgehead atoms. The summed E-state index contributed by atoms with van der Waals surface area (Å²) in [5.74, 6) is -1.53. The van der Waals surface area contributed by atoms with E-state index in [2.05, 4.69) is 15.0 Å². The summed E-state index contributed by atoms with van der Waals surface area (Å²) in [4.78, 5) is 34.7. The Balaban J connectivity index is 1.90. The van der Waals surface area contributed by atoms with Gasteiger partial charge in [0.2, 0.25) is 0 Å². The molecule has 20 heavy (non-hydrogen) atoms. The zero-order valence-corrected chi connectivity index (χ0v) is 10.7. The number of nitrogens with one attached hydrogen (secondary N) is 2. The zero-order chi connectivity index (χ0) is 14.1. The number of aromatic nitrogens is 3. The van der Waals surface area contributed by atoms with E-state index in [1.807, 2.05) is 18.3 Å². The molecule has 0 aliphatic carbocycles. The molecule has 1 amide bonds. The van der Waals surface area contributed by atoms with Crippen molar-refractivity contribution < 1.29 is 14.7 Å². The minimum atomic E-state index is -1.18. The summed E-state index contributed by atoms with van der Waals surface area (Å²) in [7, 11) is 0. The number of nitrogens with zero attached hydrogens (tertiary/aromatic N) is 2. The highest BCUT2D eigenvalue weighted by atomic mass is 16.4. The Kier molecular flexibility index (Phi) is 3.02. The molecule has 0 spiro atoms. The second kappa shape index (κ2) is 4.84. The van der Waals surface area contributed by atoms with E-state index in [-0.39, 0.29) is 23.3 Å². The van der Waals surface area contributed by atoms with Gasteiger partial charge in [-0.1, -0.05) is 0 Å². The third kappa shape index (κ3) is 1.97. The summed E-state index contributed by atoms with van der Waals surface area (Å²) >= 11 is 0. The summed E-state index contributed by atoms with van der Waals surface area (Å²) < 4.78 is 0. The molecule has 2 aromatic heterocycles. The van der Waals surface area contributed by atoms with Crippen LogP contribution in [0.4, 0.5) is 0 Å². The van der Waals surface area contributed by atoms with Crippen LogP contribution in [0.15, 0.2) is 24.7 Å². The summed E-state index contributed by atoms with van der Waals surface area (Å²) in [6.45, 7) is 0.606. The van der Waals surface area contributed by atoms with Crippen molar-refractivity contribution in [3.8, 4) is 0 Å². The molecule has 7 nitrogen and oxygen atoms in total. The molecule has 1 unspecified atom stereocenters. The SMILES string of the molecule is O=C(O)c1[nH]cnc1C(=O)N1CCCC1c1ccc[nH]1. The van der Waals surface area contributed by atoms with Crippen LogP contribution in [0, 0.1) is 0 Å². The number of aromatic amines is 2. The standard InChI is InChI=1S/C13H14N4O3/c18-12(10-11(13(19)20)16-7-15-10)17-6-2-4-9(17)8-3-1-5-14-8/h1,3,5,7,9,14H,2,4,6H2,(H,15,16)(H,19,20). The average molecular weight is 274 g/mol. The number of rotatable bonds is 3. The molecule has 1 aliphatic rings. The highest BCUT2D eigenvalue weighted by molar-refractivity contribution is 6.02. The van der Waals surface area contributed by atoms with Crippen LogP contribution in [0.1, 0.15) is 45.6 Å². The van der Waals surface area contributed by atoms with Gasteiger partial charge in [-0.25, -0.2) is 9.78 Å². The highest BCUT2D eigenvalue weighted by Gasteiger charge is 2.34. The molecule has 0 radical (unpaired) electrons. The molecule has 3 rings (SSSR count). The number of H-pyrrole nitrogens is 2. The molecule has 0 aromatic carbocycles. The van der Waals surface area contributed by atoms with E-state index in [0.717, 1.165) is 18.5 Å². The molecular weight excluding hydrogens is 260 g/mol. The number of amides is 1. The first-order chi connectivity index (χ1) is 9.68. The van der Waals surface area contributed by atoms with Gasteiger partial charge in [-0.05, 0) is 25.0 Å². The van der Waals surface area contributed by atoms with Crippen molar-refractivity contribution in [2.24, 2.45) is 0 Å². The fourth-order valence-electron chi connectivity index (χ4n) is 2.64. The molecule has 2 aromatic rings. The molecule has 1 aliphatic heterocycles. The topological polar surface area (TPSA) is 102 Å². The van der Waals surface area contributed by atoms with Gasteiger partial charge in [-0.15, -0.1) is 0 Å². The Morgan fingerprint density at radius 3 is 2.95 bits per heavy atom. The quantitative estimate of drug-likeness (QED) is 0.787. The second-order valence-electron chi connectivity index (χ2n) is 4.71. The van der Waals surface area contributed by atoms with Gasteiger partial charge in [0, 0.05) is 18.4 Å². The number of carboxylic acid groups (broad SMARTS) is 1. The van der Waals surface area contributed by atoms with Crippen LogP contribution < -0.4 is 0 Å². The first-order valence-corrected chi connectivity index (χ1v) is 6.39. The van der Waals surface area contributed by atoms with Crippen LogP contribution in [0.3, 0.4) is 0 Å². The van der Waals surface area contributed by atoms with E-state index in [4.69, 9.17) is 5.11 Å². The lowest BCUT2D eigenvalue weighted by atomic mass is 10.1. The van der Waals surface area contributed by atoms with Crippen molar-refractivity contribution in [2.45, 2.75) is 18.9 Å². The van der Waals surface area contributed by atoms with Gasteiger partial charge in [0.05, 0.1) is 12.4 Å². The summed E-state index contributed by atoms with van der Waals surface area (Å²) in [5.41, 5.74) is 0.770. The monoisotopic (exact) mass is 274 g/mol. The van der Waals surface area contributed by atoms with Crippen LogP contribution >= 0.6 is 0 Å². The smallest absolute Gasteiger partial charge is 0.354 e. The van der Waals surface area contributed by atoms with Crippen molar-refractivity contribution in [3.05, 3.63) is 41.7 Å². The average Bonchev–Trinajstić information content (AvgIpc) is 3.17. The molecule has 1 fully saturated rings. The van der Waals surface area contributed by atoms with E-state index >= 15 is 0 Å². The van der Waals surface area contributed by atoms with Crippen LogP contribution in [-0.4, -0.2) is 43.4 Å². The number of carboxylic acids is 1. The number of carbonyl (C=O) groups is 2.